The van der Waals surface area contributed by atoms with Gasteiger partial charge < -0.3 is 0 Å². The molecule has 2 heteroatoms. The molecule has 2 aromatic carbocycles. The highest BCUT2D eigenvalue weighted by molar-refractivity contribution is 5.76. The van der Waals surface area contributed by atoms with Crippen molar-refractivity contribution in [3.05, 3.63) is 59.7 Å². The second-order valence-electron chi connectivity index (χ2n) is 4.90. The lowest BCUT2D eigenvalue weighted by Crippen LogP contribution is -2.21. The van der Waals surface area contributed by atoms with E-state index in [1.165, 1.54) is 11.1 Å². The summed E-state index contributed by atoms with van der Waals surface area (Å²) in [7, 11) is 0. The van der Waals surface area contributed by atoms with Gasteiger partial charge in [0.05, 0.1) is 0 Å². The van der Waals surface area contributed by atoms with E-state index < -0.39 is 0 Å². The van der Waals surface area contributed by atoms with Gasteiger partial charge in [0, 0.05) is 12.1 Å². The number of hydrogen-bond donors (Lipinski definition) is 0. The van der Waals surface area contributed by atoms with Crippen LogP contribution in [-0.2, 0) is 6.54 Å². The van der Waals surface area contributed by atoms with Crippen molar-refractivity contribution in [2.24, 2.45) is 0 Å². The van der Waals surface area contributed by atoms with Gasteiger partial charge in [-0.25, -0.2) is 0 Å². The smallest absolute Gasteiger partial charge is 0.150 e. The molecule has 0 heterocycles. The molecule has 0 radical (unpaired) electrons. The molecule has 20 heavy (non-hydrogen) atoms. The summed E-state index contributed by atoms with van der Waals surface area (Å²) in [6.45, 7) is 7.52. The van der Waals surface area contributed by atoms with Crippen molar-refractivity contribution in [1.29, 1.82) is 0 Å². The van der Waals surface area contributed by atoms with Crippen molar-refractivity contribution in [2.45, 2.75) is 20.4 Å². The van der Waals surface area contributed by atoms with Crippen molar-refractivity contribution in [3.63, 3.8) is 0 Å². The number of carbonyl (C=O) groups is 1. The Morgan fingerprint density at radius 3 is 1.80 bits per heavy atom. The summed E-state index contributed by atoms with van der Waals surface area (Å²) in [5.74, 6) is 0. The predicted octanol–water partition coefficient (Wildman–Crippen LogP) is 4.01. The summed E-state index contributed by atoms with van der Waals surface area (Å²) in [6, 6.07) is 16.3. The summed E-state index contributed by atoms with van der Waals surface area (Å²) in [6.07, 6.45) is 0.872. The molecule has 0 fully saturated rings. The Bertz CT molecular complexity index is 539. The van der Waals surface area contributed by atoms with Crippen molar-refractivity contribution in [2.75, 3.05) is 13.1 Å². The minimum absolute atomic E-state index is 0.715. The van der Waals surface area contributed by atoms with Gasteiger partial charge in [0.25, 0.3) is 0 Å². The Morgan fingerprint density at radius 2 is 1.35 bits per heavy atom. The summed E-state index contributed by atoms with van der Waals surface area (Å²) in [4.78, 5) is 13.1. The fourth-order valence-corrected chi connectivity index (χ4v) is 2.26. The maximum Gasteiger partial charge on any atom is 0.150 e. The zero-order valence-electron chi connectivity index (χ0n) is 12.2. The van der Waals surface area contributed by atoms with E-state index in [9.17, 15) is 4.79 Å². The highest BCUT2D eigenvalue weighted by Crippen LogP contribution is 2.20. The Balaban J connectivity index is 2.12. The van der Waals surface area contributed by atoms with Crippen LogP contribution in [0.3, 0.4) is 0 Å². The summed E-state index contributed by atoms with van der Waals surface area (Å²) in [5.41, 5.74) is 4.38. The van der Waals surface area contributed by atoms with Gasteiger partial charge in [0.1, 0.15) is 6.29 Å². The largest absolute Gasteiger partial charge is 0.300 e. The molecule has 0 aliphatic rings. The number of nitrogens with zero attached hydrogens (tertiary/aromatic N) is 1. The molecule has 2 aromatic rings. The van der Waals surface area contributed by atoms with Crippen LogP contribution in [0.15, 0.2) is 48.5 Å². The average molecular weight is 267 g/mol. The molecule has 0 unspecified atom stereocenters. The van der Waals surface area contributed by atoms with Gasteiger partial charge in [-0.15, -0.1) is 0 Å². The van der Waals surface area contributed by atoms with E-state index in [0.29, 0.717) is 5.56 Å². The molecule has 0 amide bonds. The number of hydrogen-bond acceptors (Lipinski definition) is 2. The number of rotatable bonds is 6. The predicted molar refractivity (Wildman–Crippen MR) is 83.9 cm³/mol. The molecule has 0 aromatic heterocycles. The maximum absolute atomic E-state index is 10.7. The van der Waals surface area contributed by atoms with Crippen LogP contribution in [0.1, 0.15) is 29.8 Å². The number of carbonyl (C=O) groups excluding carboxylic acids is 1. The van der Waals surface area contributed by atoms with Gasteiger partial charge >= 0.3 is 0 Å². The second-order valence-corrected chi connectivity index (χ2v) is 4.90. The molecule has 0 saturated heterocycles. The van der Waals surface area contributed by atoms with Crippen molar-refractivity contribution < 1.29 is 4.79 Å². The van der Waals surface area contributed by atoms with Crippen LogP contribution in [0.2, 0.25) is 0 Å². The molecule has 0 saturated carbocycles. The molecule has 0 aliphatic heterocycles. The third-order valence-electron chi connectivity index (χ3n) is 3.63. The van der Waals surface area contributed by atoms with E-state index in [4.69, 9.17) is 0 Å². The van der Waals surface area contributed by atoms with Crippen LogP contribution < -0.4 is 0 Å². The van der Waals surface area contributed by atoms with Crippen molar-refractivity contribution >= 4 is 6.29 Å². The van der Waals surface area contributed by atoms with Crippen LogP contribution in [0.4, 0.5) is 0 Å². The van der Waals surface area contributed by atoms with Gasteiger partial charge in [-0.05, 0) is 29.8 Å². The lowest BCUT2D eigenvalue weighted by molar-refractivity contribution is 0.112. The second kappa shape index (κ2) is 7.01. The van der Waals surface area contributed by atoms with Crippen LogP contribution >= 0.6 is 0 Å². The summed E-state index contributed by atoms with van der Waals surface area (Å²) < 4.78 is 0. The molecule has 0 atom stereocenters. The minimum atomic E-state index is 0.715. The van der Waals surface area contributed by atoms with Gasteiger partial charge in [-0.1, -0.05) is 62.4 Å². The van der Waals surface area contributed by atoms with Crippen LogP contribution in [0.25, 0.3) is 11.1 Å². The minimum Gasteiger partial charge on any atom is -0.300 e. The van der Waals surface area contributed by atoms with Crippen molar-refractivity contribution in [3.8, 4) is 11.1 Å². The summed E-state index contributed by atoms with van der Waals surface area (Å²) in [5, 5.41) is 0. The van der Waals surface area contributed by atoms with E-state index in [0.717, 1.165) is 31.5 Å². The molecule has 0 N–H and O–H groups in total. The van der Waals surface area contributed by atoms with Gasteiger partial charge in [-0.2, -0.15) is 0 Å². The van der Waals surface area contributed by atoms with Crippen LogP contribution in [-0.4, -0.2) is 24.3 Å². The molecular formula is C18H21NO. The Labute approximate surface area is 121 Å². The quantitative estimate of drug-likeness (QED) is 0.737. The van der Waals surface area contributed by atoms with E-state index in [2.05, 4.69) is 43.0 Å². The van der Waals surface area contributed by atoms with E-state index in [-0.39, 0.29) is 0 Å². The maximum atomic E-state index is 10.7. The normalized spacial score (nSPS) is 10.8. The first-order valence-electron chi connectivity index (χ1n) is 7.13. The van der Waals surface area contributed by atoms with Crippen molar-refractivity contribution in [1.82, 2.24) is 4.90 Å². The topological polar surface area (TPSA) is 20.3 Å². The third-order valence-corrected chi connectivity index (χ3v) is 3.63. The SMILES string of the molecule is CCN(CC)Cc1ccc(-c2ccc(C=O)cc2)cc1. The van der Waals surface area contributed by atoms with Gasteiger partial charge in [0.2, 0.25) is 0 Å². The highest BCUT2D eigenvalue weighted by Gasteiger charge is 2.02. The number of aldehydes is 1. The zero-order chi connectivity index (χ0) is 14.4. The Morgan fingerprint density at radius 1 is 0.850 bits per heavy atom. The highest BCUT2D eigenvalue weighted by atomic mass is 16.1. The standard InChI is InChI=1S/C18H21NO/c1-3-19(4-2)13-15-5-9-17(10-6-15)18-11-7-16(14-20)8-12-18/h5-12,14H,3-4,13H2,1-2H3. The Hall–Kier alpha value is -1.93. The number of benzene rings is 2. The average Bonchev–Trinajstić information content (AvgIpc) is 2.53. The molecule has 2 nitrogen and oxygen atoms in total. The lowest BCUT2D eigenvalue weighted by Gasteiger charge is -2.18. The van der Waals surface area contributed by atoms with E-state index in [1.54, 1.807) is 0 Å². The molecule has 104 valence electrons. The van der Waals surface area contributed by atoms with E-state index in [1.807, 2.05) is 24.3 Å². The first-order valence-corrected chi connectivity index (χ1v) is 7.13. The fraction of sp³-hybridized carbons (Fsp3) is 0.278. The Kier molecular flexibility index (Phi) is 5.08. The fourth-order valence-electron chi connectivity index (χ4n) is 2.26. The molecular weight excluding hydrogens is 246 g/mol. The zero-order valence-corrected chi connectivity index (χ0v) is 12.2. The van der Waals surface area contributed by atoms with Gasteiger partial charge in [-0.3, -0.25) is 9.69 Å². The molecule has 0 bridgehead atoms. The molecule has 2 rings (SSSR count). The first kappa shape index (κ1) is 14.5. The van der Waals surface area contributed by atoms with Gasteiger partial charge in [0.15, 0.2) is 0 Å². The monoisotopic (exact) mass is 267 g/mol. The summed E-state index contributed by atoms with van der Waals surface area (Å²) >= 11 is 0. The molecule has 0 aliphatic carbocycles. The van der Waals surface area contributed by atoms with Crippen LogP contribution in [0.5, 0.6) is 0 Å². The van der Waals surface area contributed by atoms with E-state index >= 15 is 0 Å². The molecule has 0 spiro atoms. The third kappa shape index (κ3) is 3.55. The lowest BCUT2D eigenvalue weighted by atomic mass is 10.0. The van der Waals surface area contributed by atoms with Crippen LogP contribution in [0, 0.1) is 0 Å². The first-order chi connectivity index (χ1) is 9.76.